The van der Waals surface area contributed by atoms with E-state index < -0.39 is 16.1 Å². The lowest BCUT2D eigenvalue weighted by atomic mass is 10.0. The number of thiocarbonyl (C=S) groups is 4. The Morgan fingerprint density at radius 2 is 0.718 bits per heavy atom. The van der Waals surface area contributed by atoms with E-state index in [0.29, 0.717) is 0 Å². The minimum atomic E-state index is -1.06. The molecule has 0 bridgehead atoms. The van der Waals surface area contributed by atoms with Gasteiger partial charge in [0.25, 0.3) is 0 Å². The molecule has 7 heteroatoms. The highest BCUT2D eigenvalue weighted by molar-refractivity contribution is 7.83. The van der Waals surface area contributed by atoms with E-state index in [-0.39, 0.29) is 0 Å². The lowest BCUT2D eigenvalue weighted by Crippen LogP contribution is -2.14. The Balaban J connectivity index is 2.00. The molecular formula is C32H36NP2S4. The summed E-state index contributed by atoms with van der Waals surface area (Å²) in [4.78, 5) is 10.1. The van der Waals surface area contributed by atoms with E-state index >= 15 is 0 Å². The first-order valence-corrected chi connectivity index (χ1v) is 18.1. The van der Waals surface area contributed by atoms with E-state index in [1.54, 1.807) is 0 Å². The number of allylic oxidation sites excluding steroid dienone is 16. The van der Waals surface area contributed by atoms with Gasteiger partial charge >= 0.3 is 0 Å². The minimum Gasteiger partial charge on any atom is -0.173 e. The molecule has 0 heterocycles. The summed E-state index contributed by atoms with van der Waals surface area (Å²) < 4.78 is 0. The van der Waals surface area contributed by atoms with Crippen LogP contribution in [0.1, 0.15) is 79.1 Å². The molecule has 0 aliphatic heterocycles. The zero-order valence-corrected chi connectivity index (χ0v) is 28.3. The van der Waals surface area contributed by atoms with Crippen LogP contribution >= 0.6 is 65.0 Å². The fraction of sp³-hybridized carbons (Fsp3) is 0.375. The highest BCUT2D eigenvalue weighted by Gasteiger charge is 2.34. The summed E-state index contributed by atoms with van der Waals surface area (Å²) in [6, 6.07) is 0. The van der Waals surface area contributed by atoms with Crippen LogP contribution in [-0.2, 0) is 0 Å². The lowest BCUT2D eigenvalue weighted by molar-refractivity contribution is 1.14. The third kappa shape index (κ3) is 6.62. The second-order valence-electron chi connectivity index (χ2n) is 9.70. The van der Waals surface area contributed by atoms with Crippen LogP contribution in [0.3, 0.4) is 0 Å². The van der Waals surface area contributed by atoms with Gasteiger partial charge in [-0.25, -0.2) is 0 Å². The quantitative estimate of drug-likeness (QED) is 0.177. The molecule has 4 aliphatic rings. The Morgan fingerprint density at radius 3 is 0.923 bits per heavy atom. The standard InChI is InChI=1S/C32H36NP2S4/c1-5-21-25(13-9-17-29(21)36)34(26-14-10-18-30(37)22(26)6-2)33-35(27-15-11-19-31(38)23(27)7-3)28-16-12-20-32(39)24(28)8-4/h9-16H,5-8,17-20H2,1-4H3. The predicted molar refractivity (Wildman–Crippen MR) is 191 cm³/mol. The van der Waals surface area contributed by atoms with Crippen LogP contribution in [-0.4, -0.2) is 19.5 Å². The fourth-order valence-electron chi connectivity index (χ4n) is 5.43. The molecule has 4 aliphatic carbocycles. The first-order valence-electron chi connectivity index (χ1n) is 13.9. The van der Waals surface area contributed by atoms with E-state index in [4.69, 9.17) is 53.7 Å². The molecule has 0 aromatic carbocycles. The summed E-state index contributed by atoms with van der Waals surface area (Å²) in [5, 5.41) is 5.14. The van der Waals surface area contributed by atoms with Crippen molar-refractivity contribution >= 4 is 84.5 Å². The van der Waals surface area contributed by atoms with Gasteiger partial charge in [-0.2, -0.15) is 4.86 Å². The van der Waals surface area contributed by atoms with Crippen LogP contribution in [0.5, 0.6) is 0 Å². The van der Waals surface area contributed by atoms with Crippen molar-refractivity contribution in [3.05, 3.63) is 92.2 Å². The SMILES string of the molecule is CCC1=C(P([N]P(C2=C(CC)C(=S)CC=C2)C2=C(CC)C(=S)CC=C2)C2=C(CC)C(=S)CC=C2)C=CCC1=S. The van der Waals surface area contributed by atoms with Gasteiger partial charge in [-0.15, -0.1) is 0 Å². The molecule has 0 amide bonds. The topological polar surface area (TPSA) is 14.1 Å². The summed E-state index contributed by atoms with van der Waals surface area (Å²) >= 11 is 23.6. The Morgan fingerprint density at radius 1 is 0.487 bits per heavy atom. The van der Waals surface area contributed by atoms with Crippen LogP contribution in [0.25, 0.3) is 0 Å². The van der Waals surface area contributed by atoms with Gasteiger partial charge in [0, 0.05) is 66.4 Å². The molecule has 0 saturated carbocycles. The van der Waals surface area contributed by atoms with E-state index in [2.05, 4.69) is 76.3 Å². The molecule has 1 nitrogen and oxygen atoms in total. The van der Waals surface area contributed by atoms with Crippen molar-refractivity contribution in [1.82, 2.24) is 4.86 Å². The number of rotatable bonds is 10. The summed E-state index contributed by atoms with van der Waals surface area (Å²) in [5.41, 5.74) is 5.13. The van der Waals surface area contributed by atoms with Gasteiger partial charge in [0.1, 0.15) is 0 Å². The van der Waals surface area contributed by atoms with Crippen molar-refractivity contribution in [2.24, 2.45) is 0 Å². The number of nitrogens with zero attached hydrogens (tertiary/aromatic N) is 1. The van der Waals surface area contributed by atoms with Gasteiger partial charge in [-0.3, -0.25) is 0 Å². The number of hydrogen-bond acceptors (Lipinski definition) is 4. The molecule has 0 fully saturated rings. The van der Waals surface area contributed by atoms with E-state index in [1.807, 2.05) is 0 Å². The van der Waals surface area contributed by atoms with Crippen LogP contribution in [0, 0.1) is 0 Å². The van der Waals surface area contributed by atoms with Gasteiger partial charge in [0.05, 0.1) is 16.1 Å². The molecule has 0 saturated heterocycles. The normalized spacial score (nSPS) is 20.3. The van der Waals surface area contributed by atoms with Crippen molar-refractivity contribution in [3.63, 3.8) is 0 Å². The number of hydrogen-bond donors (Lipinski definition) is 0. The average Bonchev–Trinajstić information content (AvgIpc) is 2.93. The Bertz CT molecular complexity index is 1150. The van der Waals surface area contributed by atoms with Crippen molar-refractivity contribution in [2.45, 2.75) is 79.1 Å². The maximum Gasteiger partial charge on any atom is 0.0503 e. The molecule has 0 atom stereocenters. The van der Waals surface area contributed by atoms with E-state index in [9.17, 15) is 0 Å². The molecule has 0 spiro atoms. The first-order chi connectivity index (χ1) is 18.9. The molecule has 39 heavy (non-hydrogen) atoms. The van der Waals surface area contributed by atoms with Gasteiger partial charge < -0.3 is 0 Å². The molecule has 1 radical (unpaired) electrons. The molecule has 0 aromatic heterocycles. The van der Waals surface area contributed by atoms with Crippen molar-refractivity contribution in [2.75, 3.05) is 0 Å². The Kier molecular flexibility index (Phi) is 11.4. The highest BCUT2D eigenvalue weighted by Crippen LogP contribution is 2.68. The van der Waals surface area contributed by atoms with Crippen LogP contribution in [0.2, 0.25) is 0 Å². The minimum absolute atomic E-state index is 0.832. The Hall–Kier alpha value is -0.900. The molecule has 4 rings (SSSR count). The zero-order chi connectivity index (χ0) is 28.1. The molecular weight excluding hydrogens is 589 g/mol. The maximum atomic E-state index is 5.96. The smallest absolute Gasteiger partial charge is 0.0503 e. The summed E-state index contributed by atoms with van der Waals surface area (Å²) in [6.45, 7) is 8.86. The van der Waals surface area contributed by atoms with E-state index in [0.717, 1.165) is 70.8 Å². The Labute approximate surface area is 259 Å². The lowest BCUT2D eigenvalue weighted by Gasteiger charge is -2.34. The van der Waals surface area contributed by atoms with Crippen molar-refractivity contribution in [1.29, 1.82) is 0 Å². The van der Waals surface area contributed by atoms with Gasteiger partial charge in [0.2, 0.25) is 0 Å². The van der Waals surface area contributed by atoms with Crippen LogP contribution in [0.15, 0.2) is 92.2 Å². The molecule has 203 valence electrons. The fourth-order valence-corrected chi connectivity index (χ4v) is 13.1. The summed E-state index contributed by atoms with van der Waals surface area (Å²) in [7, 11) is -2.13. The van der Waals surface area contributed by atoms with Crippen molar-refractivity contribution < 1.29 is 0 Å². The monoisotopic (exact) mass is 624 g/mol. The van der Waals surface area contributed by atoms with Gasteiger partial charge in [-0.1, -0.05) is 125 Å². The average molecular weight is 625 g/mol. The third-order valence-corrected chi connectivity index (χ3v) is 14.0. The van der Waals surface area contributed by atoms with E-state index in [1.165, 1.54) is 43.5 Å². The largest absolute Gasteiger partial charge is 0.173 e. The van der Waals surface area contributed by atoms with Crippen molar-refractivity contribution in [3.8, 4) is 0 Å². The second-order valence-corrected chi connectivity index (χ2v) is 15.6. The van der Waals surface area contributed by atoms with Crippen LogP contribution in [0.4, 0.5) is 0 Å². The third-order valence-electron chi connectivity index (χ3n) is 7.40. The molecule has 0 aromatic rings. The van der Waals surface area contributed by atoms with Gasteiger partial charge in [0.15, 0.2) is 0 Å². The highest BCUT2D eigenvalue weighted by atomic mass is 32.1. The first kappa shape index (κ1) is 31.0. The van der Waals surface area contributed by atoms with Gasteiger partial charge in [-0.05, 0) is 48.0 Å². The predicted octanol–water partition coefficient (Wildman–Crippen LogP) is 11.4. The second kappa shape index (κ2) is 14.3. The molecule has 0 N–H and O–H groups in total. The maximum absolute atomic E-state index is 5.96. The summed E-state index contributed by atoms with van der Waals surface area (Å²) in [5.74, 6) is 0. The van der Waals surface area contributed by atoms with Crippen LogP contribution < -0.4 is 4.86 Å². The summed E-state index contributed by atoms with van der Waals surface area (Å²) in [6.07, 6.45) is 25.1. The zero-order valence-electron chi connectivity index (χ0n) is 23.3. The molecule has 0 unspecified atom stereocenters.